The minimum Gasteiger partial charge on any atom is -0.357 e. The van der Waals surface area contributed by atoms with Gasteiger partial charge in [-0.25, -0.2) is 0 Å². The highest BCUT2D eigenvalue weighted by atomic mass is 127. The van der Waals surface area contributed by atoms with E-state index in [0.29, 0.717) is 5.41 Å². The van der Waals surface area contributed by atoms with Crippen LogP contribution in [0.5, 0.6) is 0 Å². The Bertz CT molecular complexity index is 270. The average molecular weight is 365 g/mol. The molecule has 0 spiro atoms. The molecule has 0 aromatic rings. The Morgan fingerprint density at radius 3 is 2.39 bits per heavy atom. The predicted molar refractivity (Wildman–Crippen MR) is 88.7 cm³/mol. The van der Waals surface area contributed by atoms with Gasteiger partial charge in [-0.05, 0) is 50.4 Å². The Morgan fingerprint density at radius 2 is 1.94 bits per heavy atom. The van der Waals surface area contributed by atoms with Crippen molar-refractivity contribution in [1.82, 2.24) is 10.6 Å². The van der Waals surface area contributed by atoms with Crippen molar-refractivity contribution in [3.05, 3.63) is 0 Å². The van der Waals surface area contributed by atoms with E-state index in [2.05, 4.69) is 24.5 Å². The first-order valence-corrected chi connectivity index (χ1v) is 7.33. The maximum atomic E-state index is 4.80. The molecule has 2 saturated carbocycles. The van der Waals surface area contributed by atoms with Gasteiger partial charge < -0.3 is 10.6 Å². The second kappa shape index (κ2) is 7.56. The quantitative estimate of drug-likeness (QED) is 0.431. The van der Waals surface area contributed by atoms with Gasteiger partial charge in [-0.15, -0.1) is 24.0 Å². The zero-order valence-electron chi connectivity index (χ0n) is 11.8. The van der Waals surface area contributed by atoms with Gasteiger partial charge in [0.1, 0.15) is 0 Å². The van der Waals surface area contributed by atoms with Gasteiger partial charge in [0, 0.05) is 19.6 Å². The summed E-state index contributed by atoms with van der Waals surface area (Å²) in [6.07, 6.45) is 8.30. The zero-order valence-corrected chi connectivity index (χ0v) is 14.1. The Labute approximate surface area is 129 Å². The normalized spacial score (nSPS) is 21.8. The summed E-state index contributed by atoms with van der Waals surface area (Å²) < 4.78 is 0. The molecule has 18 heavy (non-hydrogen) atoms. The summed E-state index contributed by atoms with van der Waals surface area (Å²) in [7, 11) is 0. The van der Waals surface area contributed by atoms with Crippen molar-refractivity contribution in [2.75, 3.05) is 19.6 Å². The number of guanidine groups is 1. The zero-order chi connectivity index (χ0) is 12.1. The Kier molecular flexibility index (Phi) is 6.74. The summed E-state index contributed by atoms with van der Waals surface area (Å²) in [5.74, 6) is 2.01. The van der Waals surface area contributed by atoms with Crippen LogP contribution in [0.3, 0.4) is 0 Å². The van der Waals surface area contributed by atoms with Crippen LogP contribution < -0.4 is 10.6 Å². The van der Waals surface area contributed by atoms with Crippen molar-refractivity contribution in [3.63, 3.8) is 0 Å². The van der Waals surface area contributed by atoms with E-state index >= 15 is 0 Å². The monoisotopic (exact) mass is 365 g/mol. The second-order valence-corrected chi connectivity index (χ2v) is 5.61. The molecule has 0 radical (unpaired) electrons. The average Bonchev–Trinajstić information content (AvgIpc) is 3.08. The minimum atomic E-state index is 0. The maximum Gasteiger partial charge on any atom is 0.191 e. The smallest absolute Gasteiger partial charge is 0.191 e. The molecule has 0 aromatic heterocycles. The molecule has 0 amide bonds. The van der Waals surface area contributed by atoms with Crippen LogP contribution in [0.25, 0.3) is 0 Å². The molecule has 0 saturated heterocycles. The third-order valence-electron chi connectivity index (χ3n) is 4.23. The van der Waals surface area contributed by atoms with Crippen LogP contribution in [0.2, 0.25) is 0 Å². The van der Waals surface area contributed by atoms with E-state index in [4.69, 9.17) is 4.99 Å². The van der Waals surface area contributed by atoms with Gasteiger partial charge in [0.05, 0.1) is 0 Å². The van der Waals surface area contributed by atoms with Crippen LogP contribution in [0.1, 0.15) is 52.4 Å². The summed E-state index contributed by atoms with van der Waals surface area (Å²) >= 11 is 0. The molecule has 4 heteroatoms. The Hall–Kier alpha value is 0. The van der Waals surface area contributed by atoms with E-state index in [1.165, 1.54) is 32.1 Å². The predicted octanol–water partition coefficient (Wildman–Crippen LogP) is 3.15. The fourth-order valence-corrected chi connectivity index (χ4v) is 2.84. The lowest BCUT2D eigenvalue weighted by atomic mass is 9.65. The molecule has 0 bridgehead atoms. The number of rotatable bonds is 6. The maximum absolute atomic E-state index is 4.80. The highest BCUT2D eigenvalue weighted by Gasteiger charge is 2.48. The third kappa shape index (κ3) is 4.00. The molecule has 2 rings (SSSR count). The van der Waals surface area contributed by atoms with Crippen molar-refractivity contribution < 1.29 is 0 Å². The number of hydrogen-bond donors (Lipinski definition) is 2. The molecular formula is C14H28IN3. The van der Waals surface area contributed by atoms with Crippen LogP contribution in [0.15, 0.2) is 4.99 Å². The van der Waals surface area contributed by atoms with E-state index in [1.807, 2.05) is 0 Å². The van der Waals surface area contributed by atoms with Crippen LogP contribution in [-0.4, -0.2) is 25.6 Å². The fourth-order valence-electron chi connectivity index (χ4n) is 2.84. The molecule has 2 N–H and O–H groups in total. The number of aliphatic imine (C=N–C) groups is 1. The summed E-state index contributed by atoms with van der Waals surface area (Å²) in [5, 5.41) is 6.73. The summed E-state index contributed by atoms with van der Waals surface area (Å²) in [6, 6.07) is 0. The molecule has 0 unspecified atom stereocenters. The van der Waals surface area contributed by atoms with Crippen LogP contribution in [0, 0.1) is 11.3 Å². The first-order valence-electron chi connectivity index (χ1n) is 7.33. The molecule has 0 aromatic carbocycles. The van der Waals surface area contributed by atoms with Crippen molar-refractivity contribution in [1.29, 1.82) is 0 Å². The van der Waals surface area contributed by atoms with E-state index in [0.717, 1.165) is 37.9 Å². The molecule has 0 atom stereocenters. The molecular weight excluding hydrogens is 337 g/mol. The van der Waals surface area contributed by atoms with E-state index in [-0.39, 0.29) is 24.0 Å². The van der Waals surface area contributed by atoms with E-state index < -0.39 is 0 Å². The van der Waals surface area contributed by atoms with Crippen molar-refractivity contribution in [2.45, 2.75) is 52.4 Å². The van der Waals surface area contributed by atoms with Gasteiger partial charge in [-0.3, -0.25) is 4.99 Å². The van der Waals surface area contributed by atoms with Gasteiger partial charge in [-0.1, -0.05) is 13.3 Å². The van der Waals surface area contributed by atoms with Gasteiger partial charge in [0.25, 0.3) is 0 Å². The second-order valence-electron chi connectivity index (χ2n) is 5.61. The van der Waals surface area contributed by atoms with Crippen LogP contribution in [0.4, 0.5) is 0 Å². The number of nitrogens with zero attached hydrogens (tertiary/aromatic N) is 1. The number of halogens is 1. The van der Waals surface area contributed by atoms with Crippen molar-refractivity contribution >= 4 is 29.9 Å². The molecule has 2 aliphatic carbocycles. The van der Waals surface area contributed by atoms with Gasteiger partial charge in [0.15, 0.2) is 5.96 Å². The van der Waals surface area contributed by atoms with Crippen molar-refractivity contribution in [3.8, 4) is 0 Å². The lowest BCUT2D eigenvalue weighted by Crippen LogP contribution is -2.40. The van der Waals surface area contributed by atoms with E-state index in [1.54, 1.807) is 0 Å². The summed E-state index contributed by atoms with van der Waals surface area (Å²) in [4.78, 5) is 4.80. The minimum absolute atomic E-state index is 0. The lowest BCUT2D eigenvalue weighted by molar-refractivity contribution is 0.113. The molecule has 106 valence electrons. The molecule has 2 fully saturated rings. The summed E-state index contributed by atoms with van der Waals surface area (Å²) in [5.41, 5.74) is 0.592. The molecule has 3 nitrogen and oxygen atoms in total. The van der Waals surface area contributed by atoms with E-state index in [9.17, 15) is 0 Å². The standard InChI is InChI=1S/C14H27N3.HI/c1-3-10-16-13(15-4-2)17-11-14(8-5-9-14)12-6-7-12;/h12H,3-11H2,1-2H3,(H2,15,16,17);1H. The SMILES string of the molecule is CCCNC(=NCC1(C2CC2)CCC1)NCC.I. The molecule has 0 heterocycles. The fraction of sp³-hybridized carbons (Fsp3) is 0.929. The Balaban J connectivity index is 0.00000162. The van der Waals surface area contributed by atoms with Crippen LogP contribution >= 0.6 is 24.0 Å². The van der Waals surface area contributed by atoms with Gasteiger partial charge in [0.2, 0.25) is 0 Å². The topological polar surface area (TPSA) is 36.4 Å². The highest BCUT2D eigenvalue weighted by molar-refractivity contribution is 14.0. The Morgan fingerprint density at radius 1 is 1.22 bits per heavy atom. The number of nitrogens with one attached hydrogen (secondary N) is 2. The first-order chi connectivity index (χ1) is 8.30. The molecule has 0 aliphatic heterocycles. The van der Waals surface area contributed by atoms with Crippen LogP contribution in [-0.2, 0) is 0 Å². The third-order valence-corrected chi connectivity index (χ3v) is 4.23. The largest absolute Gasteiger partial charge is 0.357 e. The van der Waals surface area contributed by atoms with Gasteiger partial charge >= 0.3 is 0 Å². The summed E-state index contributed by atoms with van der Waals surface area (Å²) in [6.45, 7) is 7.32. The number of hydrogen-bond acceptors (Lipinski definition) is 1. The highest BCUT2D eigenvalue weighted by Crippen LogP contribution is 2.57. The van der Waals surface area contributed by atoms with Crippen molar-refractivity contribution in [2.24, 2.45) is 16.3 Å². The lowest BCUT2D eigenvalue weighted by Gasteiger charge is -2.41. The molecule has 2 aliphatic rings. The first kappa shape index (κ1) is 16.1. The van der Waals surface area contributed by atoms with Gasteiger partial charge in [-0.2, -0.15) is 0 Å².